The average molecular weight is 355 g/mol. The van der Waals surface area contributed by atoms with Crippen molar-refractivity contribution >= 4 is 5.91 Å². The fraction of sp³-hybridized carbons (Fsp3) is 0.500. The van der Waals surface area contributed by atoms with E-state index >= 15 is 0 Å². The van der Waals surface area contributed by atoms with Crippen molar-refractivity contribution in [1.82, 2.24) is 14.7 Å². The van der Waals surface area contributed by atoms with Crippen molar-refractivity contribution in [2.24, 2.45) is 11.3 Å². The van der Waals surface area contributed by atoms with Crippen LogP contribution < -0.4 is 0 Å². The standard InChI is InChI=1S/C20H25N3O3/c1-14-7-15(2)23(21-14)8-16-3-5-17(6-4-16)19(25)22-9-18-10-26-13-20(18,11-22)12-24/h3-7,18,24H,8-13H2,1-2H3/t18-,20-/m0/s1. The Balaban J connectivity index is 1.45. The molecule has 2 saturated heterocycles. The lowest BCUT2D eigenvalue weighted by Gasteiger charge is -2.24. The normalized spacial score (nSPS) is 24.9. The van der Waals surface area contributed by atoms with Crippen LogP contribution >= 0.6 is 0 Å². The van der Waals surface area contributed by atoms with Crippen LogP contribution in [0.4, 0.5) is 0 Å². The second kappa shape index (κ2) is 6.52. The lowest BCUT2D eigenvalue weighted by molar-refractivity contribution is 0.0631. The summed E-state index contributed by atoms with van der Waals surface area (Å²) in [6, 6.07) is 9.82. The molecule has 0 bridgehead atoms. The van der Waals surface area contributed by atoms with E-state index in [2.05, 4.69) is 11.2 Å². The fourth-order valence-electron chi connectivity index (χ4n) is 4.15. The number of likely N-dealkylation sites (tertiary alicyclic amines) is 1. The highest BCUT2D eigenvalue weighted by Crippen LogP contribution is 2.41. The van der Waals surface area contributed by atoms with Gasteiger partial charge in [0.2, 0.25) is 0 Å². The number of nitrogens with zero attached hydrogens (tertiary/aromatic N) is 3. The van der Waals surface area contributed by atoms with E-state index in [4.69, 9.17) is 4.74 Å². The van der Waals surface area contributed by atoms with Crippen LogP contribution in [0.2, 0.25) is 0 Å². The van der Waals surface area contributed by atoms with Crippen molar-refractivity contribution in [3.05, 3.63) is 52.8 Å². The highest BCUT2D eigenvalue weighted by atomic mass is 16.5. The number of fused-ring (bicyclic) bond motifs is 1. The van der Waals surface area contributed by atoms with Crippen molar-refractivity contribution in [3.63, 3.8) is 0 Å². The van der Waals surface area contributed by atoms with Crippen LogP contribution in [0.15, 0.2) is 30.3 Å². The minimum absolute atomic E-state index is 0.0323. The molecule has 4 rings (SSSR count). The molecule has 1 aromatic heterocycles. The van der Waals surface area contributed by atoms with Gasteiger partial charge in [-0.1, -0.05) is 12.1 Å². The maximum atomic E-state index is 12.8. The zero-order valence-electron chi connectivity index (χ0n) is 15.3. The molecule has 1 amide bonds. The van der Waals surface area contributed by atoms with E-state index in [0.29, 0.717) is 38.4 Å². The highest BCUT2D eigenvalue weighted by molar-refractivity contribution is 5.94. The Morgan fingerprint density at radius 3 is 2.73 bits per heavy atom. The van der Waals surface area contributed by atoms with Crippen LogP contribution in [0.25, 0.3) is 0 Å². The van der Waals surface area contributed by atoms with E-state index in [0.717, 1.165) is 17.0 Å². The third kappa shape index (κ3) is 2.93. The third-order valence-electron chi connectivity index (χ3n) is 5.76. The molecule has 1 N–H and O–H groups in total. The number of aliphatic hydroxyl groups excluding tert-OH is 1. The molecule has 6 nitrogen and oxygen atoms in total. The number of ether oxygens (including phenoxy) is 1. The number of rotatable bonds is 4. The maximum absolute atomic E-state index is 12.8. The van der Waals surface area contributed by atoms with Crippen molar-refractivity contribution in [1.29, 1.82) is 0 Å². The van der Waals surface area contributed by atoms with Crippen LogP contribution in [-0.2, 0) is 11.3 Å². The summed E-state index contributed by atoms with van der Waals surface area (Å²) in [6.07, 6.45) is 0. The molecule has 0 unspecified atom stereocenters. The summed E-state index contributed by atoms with van der Waals surface area (Å²) < 4.78 is 7.49. The van der Waals surface area contributed by atoms with Crippen LogP contribution in [0.5, 0.6) is 0 Å². The first kappa shape index (κ1) is 17.2. The molecule has 138 valence electrons. The van der Waals surface area contributed by atoms with Gasteiger partial charge < -0.3 is 14.7 Å². The predicted octanol–water partition coefficient (Wildman–Crippen LogP) is 1.63. The number of aliphatic hydroxyl groups is 1. The molecule has 1 aromatic carbocycles. The van der Waals surface area contributed by atoms with Crippen molar-refractivity contribution < 1.29 is 14.6 Å². The monoisotopic (exact) mass is 355 g/mol. The molecular formula is C20H25N3O3. The molecule has 2 aliphatic rings. The van der Waals surface area contributed by atoms with Gasteiger partial charge in [0.15, 0.2) is 0 Å². The number of benzene rings is 1. The van der Waals surface area contributed by atoms with E-state index in [-0.39, 0.29) is 23.8 Å². The van der Waals surface area contributed by atoms with Gasteiger partial charge in [0.05, 0.1) is 32.1 Å². The number of amides is 1. The molecule has 2 atom stereocenters. The summed E-state index contributed by atoms with van der Waals surface area (Å²) in [5.41, 5.74) is 3.67. The van der Waals surface area contributed by atoms with Gasteiger partial charge in [-0.05, 0) is 37.6 Å². The first-order chi connectivity index (χ1) is 12.5. The number of hydrogen-bond acceptors (Lipinski definition) is 4. The van der Waals surface area contributed by atoms with Gasteiger partial charge in [0.25, 0.3) is 5.91 Å². The summed E-state index contributed by atoms with van der Waals surface area (Å²) >= 11 is 0. The summed E-state index contributed by atoms with van der Waals surface area (Å²) in [4.78, 5) is 14.7. The topological polar surface area (TPSA) is 67.6 Å². The van der Waals surface area contributed by atoms with E-state index in [1.54, 1.807) is 0 Å². The molecular weight excluding hydrogens is 330 g/mol. The molecule has 0 aliphatic carbocycles. The van der Waals surface area contributed by atoms with Crippen molar-refractivity contribution in [2.45, 2.75) is 20.4 Å². The van der Waals surface area contributed by atoms with Crippen molar-refractivity contribution in [3.8, 4) is 0 Å². The third-order valence-corrected chi connectivity index (χ3v) is 5.76. The van der Waals surface area contributed by atoms with E-state index in [1.807, 2.05) is 47.7 Å². The van der Waals surface area contributed by atoms with Gasteiger partial charge in [0, 0.05) is 35.7 Å². The van der Waals surface area contributed by atoms with E-state index < -0.39 is 0 Å². The van der Waals surface area contributed by atoms with Gasteiger partial charge in [-0.3, -0.25) is 9.48 Å². The van der Waals surface area contributed by atoms with E-state index in [1.165, 1.54) is 0 Å². The number of aryl methyl sites for hydroxylation is 2. The molecule has 2 aromatic rings. The summed E-state index contributed by atoms with van der Waals surface area (Å²) in [5, 5.41) is 14.3. The number of aromatic nitrogens is 2. The van der Waals surface area contributed by atoms with Crippen LogP contribution in [0.1, 0.15) is 27.3 Å². The molecule has 6 heteroatoms. The maximum Gasteiger partial charge on any atom is 0.253 e. The second-order valence-electron chi connectivity index (χ2n) is 7.70. The Kier molecular flexibility index (Phi) is 4.32. The molecule has 0 radical (unpaired) electrons. The Bertz CT molecular complexity index is 814. The first-order valence-electron chi connectivity index (χ1n) is 9.09. The largest absolute Gasteiger partial charge is 0.396 e. The Morgan fingerprint density at radius 1 is 1.35 bits per heavy atom. The van der Waals surface area contributed by atoms with Crippen LogP contribution in [0.3, 0.4) is 0 Å². The first-order valence-corrected chi connectivity index (χ1v) is 9.09. The highest BCUT2D eigenvalue weighted by Gasteiger charge is 2.51. The molecule has 3 heterocycles. The average Bonchev–Trinajstić information content (AvgIpc) is 3.27. The second-order valence-corrected chi connectivity index (χ2v) is 7.70. The van der Waals surface area contributed by atoms with Crippen LogP contribution in [0, 0.1) is 25.2 Å². The van der Waals surface area contributed by atoms with Gasteiger partial charge in [-0.15, -0.1) is 0 Å². The summed E-state index contributed by atoms with van der Waals surface area (Å²) in [7, 11) is 0. The Labute approximate surface area is 153 Å². The molecule has 0 saturated carbocycles. The quantitative estimate of drug-likeness (QED) is 0.905. The van der Waals surface area contributed by atoms with Crippen molar-refractivity contribution in [2.75, 3.05) is 32.9 Å². The number of hydrogen-bond donors (Lipinski definition) is 1. The number of carbonyl (C=O) groups excluding carboxylic acids is 1. The zero-order chi connectivity index (χ0) is 18.3. The van der Waals surface area contributed by atoms with Gasteiger partial charge in [-0.25, -0.2) is 0 Å². The van der Waals surface area contributed by atoms with E-state index in [9.17, 15) is 9.90 Å². The zero-order valence-corrected chi connectivity index (χ0v) is 15.3. The summed E-state index contributed by atoms with van der Waals surface area (Å²) in [5.74, 6) is 0.270. The minimum Gasteiger partial charge on any atom is -0.396 e. The molecule has 0 spiro atoms. The lowest BCUT2D eigenvalue weighted by Crippen LogP contribution is -2.36. The SMILES string of the molecule is Cc1cc(C)n(Cc2ccc(C(=O)N3C[C@H]4COC[C@@]4(CO)C3)cc2)n1. The molecule has 26 heavy (non-hydrogen) atoms. The molecule has 2 fully saturated rings. The van der Waals surface area contributed by atoms with Gasteiger partial charge >= 0.3 is 0 Å². The summed E-state index contributed by atoms with van der Waals surface area (Å²) in [6.45, 7) is 7.20. The lowest BCUT2D eigenvalue weighted by atomic mass is 9.82. The Morgan fingerprint density at radius 2 is 2.12 bits per heavy atom. The fourth-order valence-corrected chi connectivity index (χ4v) is 4.15. The van der Waals surface area contributed by atoms with Gasteiger partial charge in [0.1, 0.15) is 0 Å². The molecule has 2 aliphatic heterocycles. The number of carbonyl (C=O) groups is 1. The predicted molar refractivity (Wildman–Crippen MR) is 97.0 cm³/mol. The Hall–Kier alpha value is -2.18. The van der Waals surface area contributed by atoms with Crippen LogP contribution in [-0.4, -0.2) is 58.6 Å². The smallest absolute Gasteiger partial charge is 0.253 e. The van der Waals surface area contributed by atoms with Gasteiger partial charge in [-0.2, -0.15) is 5.10 Å². The minimum atomic E-state index is -0.273.